The molecule has 4 nitrogen and oxygen atoms in total. The van der Waals surface area contributed by atoms with E-state index in [0.717, 1.165) is 26.4 Å². The zero-order valence-electron chi connectivity index (χ0n) is 14.3. The molecule has 27 heavy (non-hydrogen) atoms. The zero-order chi connectivity index (χ0) is 19.0. The van der Waals surface area contributed by atoms with E-state index in [1.165, 1.54) is 6.07 Å². The SMILES string of the molecule is Cc1cc(-c2nc3ccccc3s2)ccc1NS(=O)(=O)c1ccccc1Cl. The van der Waals surface area contributed by atoms with Crippen LogP contribution in [-0.2, 0) is 10.0 Å². The molecular weight excluding hydrogens is 400 g/mol. The minimum atomic E-state index is -3.76. The van der Waals surface area contributed by atoms with Crippen LogP contribution >= 0.6 is 22.9 Å². The molecule has 0 aliphatic heterocycles. The van der Waals surface area contributed by atoms with E-state index in [-0.39, 0.29) is 9.92 Å². The highest BCUT2D eigenvalue weighted by Crippen LogP contribution is 2.32. The maximum Gasteiger partial charge on any atom is 0.263 e. The van der Waals surface area contributed by atoms with Crippen molar-refractivity contribution < 1.29 is 8.42 Å². The Bertz CT molecular complexity index is 1220. The number of benzene rings is 3. The summed E-state index contributed by atoms with van der Waals surface area (Å²) in [6.45, 7) is 1.86. The third-order valence-electron chi connectivity index (χ3n) is 4.14. The van der Waals surface area contributed by atoms with Crippen LogP contribution in [0, 0.1) is 6.92 Å². The second-order valence-corrected chi connectivity index (χ2v) is 9.14. The Kier molecular flexibility index (Phi) is 4.63. The number of fused-ring (bicyclic) bond motifs is 1. The zero-order valence-corrected chi connectivity index (χ0v) is 16.7. The highest BCUT2D eigenvalue weighted by Gasteiger charge is 2.18. The third kappa shape index (κ3) is 3.56. The molecule has 4 aromatic rings. The number of rotatable bonds is 4. The van der Waals surface area contributed by atoms with Gasteiger partial charge in [0.25, 0.3) is 10.0 Å². The fourth-order valence-electron chi connectivity index (χ4n) is 2.77. The van der Waals surface area contributed by atoms with E-state index in [1.807, 2.05) is 43.3 Å². The van der Waals surface area contributed by atoms with Gasteiger partial charge in [-0.25, -0.2) is 13.4 Å². The van der Waals surface area contributed by atoms with E-state index in [0.29, 0.717) is 5.69 Å². The summed E-state index contributed by atoms with van der Waals surface area (Å²) in [5.74, 6) is 0. The molecule has 136 valence electrons. The summed E-state index contributed by atoms with van der Waals surface area (Å²) in [6, 6.07) is 19.9. The van der Waals surface area contributed by atoms with Crippen LogP contribution in [0.1, 0.15) is 5.56 Å². The topological polar surface area (TPSA) is 59.1 Å². The van der Waals surface area contributed by atoms with Crippen LogP contribution in [0.4, 0.5) is 5.69 Å². The molecule has 3 aromatic carbocycles. The van der Waals surface area contributed by atoms with Crippen molar-refractivity contribution in [3.05, 3.63) is 77.3 Å². The van der Waals surface area contributed by atoms with E-state index in [2.05, 4.69) is 9.71 Å². The summed E-state index contributed by atoms with van der Waals surface area (Å²) in [7, 11) is -3.76. The highest BCUT2D eigenvalue weighted by atomic mass is 35.5. The fourth-order valence-corrected chi connectivity index (χ4v) is 5.38. The normalized spacial score (nSPS) is 11.6. The maximum atomic E-state index is 12.6. The van der Waals surface area contributed by atoms with Gasteiger partial charge in [-0.2, -0.15) is 0 Å². The molecule has 0 atom stereocenters. The first-order chi connectivity index (χ1) is 12.9. The maximum absolute atomic E-state index is 12.6. The first kappa shape index (κ1) is 18.0. The summed E-state index contributed by atoms with van der Waals surface area (Å²) >= 11 is 7.64. The molecule has 0 unspecified atom stereocenters. The summed E-state index contributed by atoms with van der Waals surface area (Å²) < 4.78 is 29.0. The molecule has 7 heteroatoms. The van der Waals surface area contributed by atoms with Gasteiger partial charge in [0, 0.05) is 5.56 Å². The monoisotopic (exact) mass is 414 g/mol. The van der Waals surface area contributed by atoms with Gasteiger partial charge in [0.2, 0.25) is 0 Å². The number of para-hydroxylation sites is 1. The number of aryl methyl sites for hydroxylation is 1. The number of hydrogen-bond donors (Lipinski definition) is 1. The number of thiazole rings is 1. The molecule has 0 spiro atoms. The number of nitrogens with zero attached hydrogens (tertiary/aromatic N) is 1. The summed E-state index contributed by atoms with van der Waals surface area (Å²) in [4.78, 5) is 4.71. The quantitative estimate of drug-likeness (QED) is 0.464. The summed E-state index contributed by atoms with van der Waals surface area (Å²) in [5.41, 5.74) is 3.23. The summed E-state index contributed by atoms with van der Waals surface area (Å²) in [6.07, 6.45) is 0. The van der Waals surface area contributed by atoms with Crippen molar-refractivity contribution in [2.75, 3.05) is 4.72 Å². The molecule has 4 rings (SSSR count). The Hall–Kier alpha value is -2.41. The van der Waals surface area contributed by atoms with E-state index < -0.39 is 10.0 Å². The molecule has 1 heterocycles. The van der Waals surface area contributed by atoms with Gasteiger partial charge < -0.3 is 0 Å². The van der Waals surface area contributed by atoms with Crippen molar-refractivity contribution in [2.45, 2.75) is 11.8 Å². The predicted octanol–water partition coefficient (Wildman–Crippen LogP) is 5.73. The van der Waals surface area contributed by atoms with E-state index in [1.54, 1.807) is 35.6 Å². The standard InChI is InChI=1S/C20H15ClN2O2S2/c1-13-12-14(20-22-17-7-3-4-8-18(17)26-20)10-11-16(13)23-27(24,25)19-9-5-2-6-15(19)21/h2-12,23H,1H3. The lowest BCUT2D eigenvalue weighted by Gasteiger charge is -2.12. The molecule has 0 aliphatic carbocycles. The van der Waals surface area contributed by atoms with Crippen LogP contribution < -0.4 is 4.72 Å². The number of hydrogen-bond acceptors (Lipinski definition) is 4. The molecule has 0 aliphatic rings. The first-order valence-electron chi connectivity index (χ1n) is 8.18. The van der Waals surface area contributed by atoms with Crippen molar-refractivity contribution in [3.8, 4) is 10.6 Å². The Morgan fingerprint density at radius 3 is 2.48 bits per heavy atom. The molecule has 0 saturated carbocycles. The van der Waals surface area contributed by atoms with Gasteiger partial charge in [-0.05, 0) is 55.0 Å². The average Bonchev–Trinajstić information content (AvgIpc) is 3.07. The third-order valence-corrected chi connectivity index (χ3v) is 7.09. The minimum Gasteiger partial charge on any atom is -0.279 e. The number of anilines is 1. The molecule has 0 saturated heterocycles. The van der Waals surface area contributed by atoms with Crippen LogP contribution in [-0.4, -0.2) is 13.4 Å². The van der Waals surface area contributed by atoms with Crippen LogP contribution in [0.25, 0.3) is 20.8 Å². The van der Waals surface area contributed by atoms with Gasteiger partial charge in [0.15, 0.2) is 0 Å². The highest BCUT2D eigenvalue weighted by molar-refractivity contribution is 7.92. The van der Waals surface area contributed by atoms with Crippen molar-refractivity contribution >= 4 is 48.9 Å². The molecule has 0 radical (unpaired) electrons. The smallest absolute Gasteiger partial charge is 0.263 e. The number of aromatic nitrogens is 1. The Morgan fingerprint density at radius 1 is 1.00 bits per heavy atom. The molecule has 0 bridgehead atoms. The van der Waals surface area contributed by atoms with Crippen LogP contribution in [0.5, 0.6) is 0 Å². The van der Waals surface area contributed by atoms with Gasteiger partial charge in [0.1, 0.15) is 9.90 Å². The Morgan fingerprint density at radius 2 is 1.74 bits per heavy atom. The molecular formula is C20H15ClN2O2S2. The van der Waals surface area contributed by atoms with Gasteiger partial charge in [-0.15, -0.1) is 11.3 Å². The molecule has 1 aromatic heterocycles. The molecule has 0 amide bonds. The van der Waals surface area contributed by atoms with Gasteiger partial charge in [0.05, 0.1) is 20.9 Å². The van der Waals surface area contributed by atoms with E-state index >= 15 is 0 Å². The molecule has 1 N–H and O–H groups in total. The van der Waals surface area contributed by atoms with Crippen LogP contribution in [0.15, 0.2) is 71.6 Å². The second kappa shape index (κ2) is 6.96. The number of halogens is 1. The van der Waals surface area contributed by atoms with E-state index in [9.17, 15) is 8.42 Å². The lowest BCUT2D eigenvalue weighted by molar-refractivity contribution is 0.601. The number of sulfonamides is 1. The average molecular weight is 415 g/mol. The predicted molar refractivity (Wildman–Crippen MR) is 112 cm³/mol. The van der Waals surface area contributed by atoms with Gasteiger partial charge >= 0.3 is 0 Å². The minimum absolute atomic E-state index is 0.0568. The first-order valence-corrected chi connectivity index (χ1v) is 10.9. The lowest BCUT2D eigenvalue weighted by atomic mass is 10.1. The lowest BCUT2D eigenvalue weighted by Crippen LogP contribution is -2.14. The van der Waals surface area contributed by atoms with Crippen molar-refractivity contribution in [1.29, 1.82) is 0 Å². The molecule has 0 fully saturated rings. The largest absolute Gasteiger partial charge is 0.279 e. The number of nitrogens with one attached hydrogen (secondary N) is 1. The summed E-state index contributed by atoms with van der Waals surface area (Å²) in [5, 5.41) is 1.09. The van der Waals surface area contributed by atoms with E-state index in [4.69, 9.17) is 11.6 Å². The Labute approximate surface area is 166 Å². The van der Waals surface area contributed by atoms with Gasteiger partial charge in [-0.1, -0.05) is 35.9 Å². The van der Waals surface area contributed by atoms with Crippen molar-refractivity contribution in [2.24, 2.45) is 0 Å². The fraction of sp³-hybridized carbons (Fsp3) is 0.0500. The van der Waals surface area contributed by atoms with Crippen molar-refractivity contribution in [1.82, 2.24) is 4.98 Å². The van der Waals surface area contributed by atoms with Crippen LogP contribution in [0.2, 0.25) is 5.02 Å². The van der Waals surface area contributed by atoms with Crippen molar-refractivity contribution in [3.63, 3.8) is 0 Å². The van der Waals surface area contributed by atoms with Gasteiger partial charge in [-0.3, -0.25) is 4.72 Å². The van der Waals surface area contributed by atoms with Crippen LogP contribution in [0.3, 0.4) is 0 Å². The Balaban J connectivity index is 1.67. The second-order valence-electron chi connectivity index (χ2n) is 6.05.